The first kappa shape index (κ1) is 18.0. The Balaban J connectivity index is 1.76. The molecule has 0 saturated carbocycles. The van der Waals surface area contributed by atoms with Gasteiger partial charge in [0.1, 0.15) is 11.1 Å². The highest BCUT2D eigenvalue weighted by Crippen LogP contribution is 2.29. The third-order valence-electron chi connectivity index (χ3n) is 3.56. The lowest BCUT2D eigenvalue weighted by molar-refractivity contribution is 0.329. The van der Waals surface area contributed by atoms with Gasteiger partial charge in [0.25, 0.3) is 0 Å². The van der Waals surface area contributed by atoms with Gasteiger partial charge in [-0.25, -0.2) is 4.98 Å². The molecule has 0 amide bonds. The third-order valence-corrected chi connectivity index (χ3v) is 4.62. The normalized spacial score (nSPS) is 10.7. The van der Waals surface area contributed by atoms with E-state index in [-0.39, 0.29) is 6.61 Å². The summed E-state index contributed by atoms with van der Waals surface area (Å²) in [5.74, 6) is 1.13. The molecule has 0 saturated heterocycles. The molecule has 3 aromatic rings. The lowest BCUT2D eigenvalue weighted by atomic mass is 10.2. The predicted molar refractivity (Wildman–Crippen MR) is 106 cm³/mol. The molecule has 4 nitrogen and oxygen atoms in total. The smallest absolute Gasteiger partial charge is 0.174 e. The van der Waals surface area contributed by atoms with E-state index in [0.717, 1.165) is 21.8 Å². The number of ether oxygens (including phenoxy) is 2. The van der Waals surface area contributed by atoms with Gasteiger partial charge in [0.15, 0.2) is 18.1 Å². The van der Waals surface area contributed by atoms with Crippen LogP contribution < -0.4 is 9.47 Å². The number of aromatic nitrogens is 1. The summed E-state index contributed by atoms with van der Waals surface area (Å²) in [6, 6.07) is 15.1. The number of halogens is 1. The molecule has 0 spiro atoms. The van der Waals surface area contributed by atoms with E-state index in [1.165, 1.54) is 0 Å². The number of nitriles is 1. The number of methoxy groups -OCH3 is 1. The molecule has 1 aromatic heterocycles. The molecule has 26 heavy (non-hydrogen) atoms. The Morgan fingerprint density at radius 1 is 1.15 bits per heavy atom. The molecule has 0 N–H and O–H groups in total. The van der Waals surface area contributed by atoms with Gasteiger partial charge in [0.2, 0.25) is 0 Å². The topological polar surface area (TPSA) is 55.1 Å². The lowest BCUT2D eigenvalue weighted by Gasteiger charge is -2.08. The van der Waals surface area contributed by atoms with Crippen molar-refractivity contribution in [3.8, 4) is 28.8 Å². The maximum atomic E-state index is 8.61. The van der Waals surface area contributed by atoms with Crippen LogP contribution in [0.5, 0.6) is 11.5 Å². The Morgan fingerprint density at radius 2 is 1.96 bits per heavy atom. The lowest BCUT2D eigenvalue weighted by Crippen LogP contribution is -1.96. The summed E-state index contributed by atoms with van der Waals surface area (Å²) in [6.45, 7) is -0.0157. The van der Waals surface area contributed by atoms with Crippen LogP contribution in [0.15, 0.2) is 47.8 Å². The SMILES string of the molecule is COc1cc(/C=C/c2nc(-c3ccc(Cl)cc3)cs2)ccc1OCC#N. The van der Waals surface area contributed by atoms with Gasteiger partial charge in [-0.2, -0.15) is 5.26 Å². The highest BCUT2D eigenvalue weighted by molar-refractivity contribution is 7.10. The van der Waals surface area contributed by atoms with Gasteiger partial charge in [-0.1, -0.05) is 35.9 Å². The first-order valence-electron chi connectivity index (χ1n) is 7.77. The van der Waals surface area contributed by atoms with Crippen LogP contribution in [0.4, 0.5) is 0 Å². The number of nitrogens with zero attached hydrogens (tertiary/aromatic N) is 2. The molecule has 3 rings (SSSR count). The second-order valence-corrected chi connectivity index (χ2v) is 6.59. The Labute approximate surface area is 160 Å². The van der Waals surface area contributed by atoms with E-state index in [4.69, 9.17) is 26.3 Å². The maximum Gasteiger partial charge on any atom is 0.174 e. The average Bonchev–Trinajstić information content (AvgIpc) is 3.14. The van der Waals surface area contributed by atoms with Gasteiger partial charge in [-0.3, -0.25) is 0 Å². The molecule has 0 atom stereocenters. The Hall–Kier alpha value is -2.81. The predicted octanol–water partition coefficient (Wildman–Crippen LogP) is 5.54. The number of rotatable bonds is 6. The molecule has 2 aromatic carbocycles. The summed E-state index contributed by atoms with van der Waals surface area (Å²) < 4.78 is 10.6. The molecule has 0 radical (unpaired) electrons. The van der Waals surface area contributed by atoms with Crippen molar-refractivity contribution in [2.45, 2.75) is 0 Å². The highest BCUT2D eigenvalue weighted by atomic mass is 35.5. The molecular formula is C20H15ClN2O2S. The van der Waals surface area contributed by atoms with Crippen molar-refractivity contribution < 1.29 is 9.47 Å². The second kappa shape index (κ2) is 8.52. The number of hydrogen-bond acceptors (Lipinski definition) is 5. The van der Waals surface area contributed by atoms with Gasteiger partial charge in [-0.05, 0) is 35.9 Å². The van der Waals surface area contributed by atoms with E-state index in [9.17, 15) is 0 Å². The summed E-state index contributed by atoms with van der Waals surface area (Å²) in [5.41, 5.74) is 2.91. The number of hydrogen-bond donors (Lipinski definition) is 0. The fourth-order valence-electron chi connectivity index (χ4n) is 2.30. The standard InChI is InChI=1S/C20H15ClN2O2S/c1-24-19-12-14(2-8-18(19)25-11-10-22)3-9-20-23-17(13-26-20)15-4-6-16(21)7-5-15/h2-9,12-13H,11H2,1H3/b9-3+. The van der Waals surface area contributed by atoms with Crippen LogP contribution in [0.1, 0.15) is 10.6 Å². The van der Waals surface area contributed by atoms with Crippen molar-refractivity contribution in [2.75, 3.05) is 13.7 Å². The summed E-state index contributed by atoms with van der Waals surface area (Å²) in [5, 5.41) is 12.2. The van der Waals surface area contributed by atoms with Crippen molar-refractivity contribution in [2.24, 2.45) is 0 Å². The molecule has 6 heteroatoms. The monoisotopic (exact) mass is 382 g/mol. The molecule has 0 aliphatic rings. The highest BCUT2D eigenvalue weighted by Gasteiger charge is 2.05. The minimum Gasteiger partial charge on any atom is -0.493 e. The van der Waals surface area contributed by atoms with Crippen LogP contribution >= 0.6 is 22.9 Å². The quantitative estimate of drug-likeness (QED) is 0.561. The maximum absolute atomic E-state index is 8.61. The van der Waals surface area contributed by atoms with Crippen LogP contribution in [0, 0.1) is 11.3 Å². The van der Waals surface area contributed by atoms with Gasteiger partial charge < -0.3 is 9.47 Å². The van der Waals surface area contributed by atoms with Gasteiger partial charge in [-0.15, -0.1) is 11.3 Å². The minimum atomic E-state index is -0.0157. The molecule has 130 valence electrons. The molecular weight excluding hydrogens is 368 g/mol. The number of benzene rings is 2. The van der Waals surface area contributed by atoms with Crippen molar-refractivity contribution >= 4 is 35.1 Å². The summed E-state index contributed by atoms with van der Waals surface area (Å²) in [6.07, 6.45) is 3.91. The molecule has 0 aliphatic heterocycles. The van der Waals surface area contributed by atoms with E-state index in [2.05, 4.69) is 4.98 Å². The third kappa shape index (κ3) is 4.42. The van der Waals surface area contributed by atoms with Crippen LogP contribution in [0.2, 0.25) is 5.02 Å². The largest absolute Gasteiger partial charge is 0.493 e. The molecule has 0 fully saturated rings. The van der Waals surface area contributed by atoms with E-state index in [1.807, 2.05) is 60.0 Å². The van der Waals surface area contributed by atoms with Crippen LogP contribution in [0.3, 0.4) is 0 Å². The van der Waals surface area contributed by atoms with Crippen LogP contribution in [-0.4, -0.2) is 18.7 Å². The second-order valence-electron chi connectivity index (χ2n) is 5.27. The fourth-order valence-corrected chi connectivity index (χ4v) is 3.15. The zero-order valence-corrected chi connectivity index (χ0v) is 15.6. The molecule has 0 unspecified atom stereocenters. The van der Waals surface area contributed by atoms with Gasteiger partial charge in [0.05, 0.1) is 12.8 Å². The fraction of sp³-hybridized carbons (Fsp3) is 0.100. The first-order chi connectivity index (χ1) is 12.7. The molecule has 1 heterocycles. The van der Waals surface area contributed by atoms with E-state index >= 15 is 0 Å². The van der Waals surface area contributed by atoms with Gasteiger partial charge >= 0.3 is 0 Å². The zero-order chi connectivity index (χ0) is 18.4. The van der Waals surface area contributed by atoms with Crippen molar-refractivity contribution in [3.63, 3.8) is 0 Å². The van der Waals surface area contributed by atoms with E-state index in [1.54, 1.807) is 24.5 Å². The van der Waals surface area contributed by atoms with Gasteiger partial charge in [0, 0.05) is 16.0 Å². The Morgan fingerprint density at radius 3 is 2.69 bits per heavy atom. The van der Waals surface area contributed by atoms with Crippen molar-refractivity contribution in [1.82, 2.24) is 4.98 Å². The number of thiazole rings is 1. The summed E-state index contributed by atoms with van der Waals surface area (Å²) in [7, 11) is 1.57. The molecule has 0 bridgehead atoms. The summed E-state index contributed by atoms with van der Waals surface area (Å²) >= 11 is 7.49. The van der Waals surface area contributed by atoms with Crippen molar-refractivity contribution in [3.05, 3.63) is 63.4 Å². The van der Waals surface area contributed by atoms with Crippen LogP contribution in [-0.2, 0) is 0 Å². The van der Waals surface area contributed by atoms with Crippen molar-refractivity contribution in [1.29, 1.82) is 5.26 Å². The van der Waals surface area contributed by atoms with E-state index < -0.39 is 0 Å². The Kier molecular flexibility index (Phi) is 5.90. The first-order valence-corrected chi connectivity index (χ1v) is 9.02. The summed E-state index contributed by atoms with van der Waals surface area (Å²) in [4.78, 5) is 4.62. The Bertz CT molecular complexity index is 959. The zero-order valence-electron chi connectivity index (χ0n) is 14.0. The van der Waals surface area contributed by atoms with E-state index in [0.29, 0.717) is 16.5 Å². The average molecular weight is 383 g/mol. The minimum absolute atomic E-state index is 0.0157. The molecule has 0 aliphatic carbocycles. The van der Waals surface area contributed by atoms with Crippen LogP contribution in [0.25, 0.3) is 23.4 Å².